The smallest absolute Gasteiger partial charge is 0.305 e. The summed E-state index contributed by atoms with van der Waals surface area (Å²) in [5.41, 5.74) is 9.24. The van der Waals surface area contributed by atoms with Gasteiger partial charge in [-0.05, 0) is 36.0 Å². The van der Waals surface area contributed by atoms with Crippen LogP contribution in [0, 0.1) is 0 Å². The van der Waals surface area contributed by atoms with Gasteiger partial charge in [-0.2, -0.15) is 0 Å². The summed E-state index contributed by atoms with van der Waals surface area (Å²) >= 11 is 0. The molecule has 4 N–H and O–H groups in total. The maximum Gasteiger partial charge on any atom is 0.305 e. The molecule has 1 unspecified atom stereocenters. The number of nitrogens with one attached hydrogen (secondary N) is 1. The highest BCUT2D eigenvalue weighted by atomic mass is 16.4. The van der Waals surface area contributed by atoms with Gasteiger partial charge in [0, 0.05) is 6.54 Å². The number of fused-ring (bicyclic) bond motifs is 1. The van der Waals surface area contributed by atoms with E-state index in [1.54, 1.807) is 0 Å². The lowest BCUT2D eigenvalue weighted by molar-refractivity contribution is -0.139. The fourth-order valence-corrected chi connectivity index (χ4v) is 2.34. The van der Waals surface area contributed by atoms with Gasteiger partial charge in [-0.15, -0.1) is 0 Å². The molecule has 1 atom stereocenters. The monoisotopic (exact) mass is 262 g/mol. The topological polar surface area (TPSA) is 92.4 Å². The van der Waals surface area contributed by atoms with E-state index in [1.807, 2.05) is 6.07 Å². The van der Waals surface area contributed by atoms with Gasteiger partial charge in [0.1, 0.15) is 0 Å². The summed E-state index contributed by atoms with van der Waals surface area (Å²) in [6.45, 7) is 0.388. The van der Waals surface area contributed by atoms with E-state index in [9.17, 15) is 9.59 Å². The van der Waals surface area contributed by atoms with Crippen LogP contribution >= 0.6 is 0 Å². The van der Waals surface area contributed by atoms with Crippen molar-refractivity contribution in [3.63, 3.8) is 0 Å². The molecule has 1 aromatic carbocycles. The van der Waals surface area contributed by atoms with Crippen LogP contribution in [-0.2, 0) is 29.0 Å². The van der Waals surface area contributed by atoms with Crippen LogP contribution in [-0.4, -0.2) is 23.0 Å². The van der Waals surface area contributed by atoms with Crippen LogP contribution in [0.15, 0.2) is 18.2 Å². The Bertz CT molecular complexity index is 499. The van der Waals surface area contributed by atoms with Crippen molar-refractivity contribution in [1.29, 1.82) is 0 Å². The third kappa shape index (κ3) is 3.54. The summed E-state index contributed by atoms with van der Waals surface area (Å²) in [5, 5.41) is 11.2. The second-order valence-electron chi connectivity index (χ2n) is 4.88. The number of carboxylic acid groups (broad SMARTS) is 1. The molecule has 0 radical (unpaired) electrons. The second kappa shape index (κ2) is 5.84. The maximum atomic E-state index is 11.6. The van der Waals surface area contributed by atoms with Crippen LogP contribution in [0.5, 0.6) is 0 Å². The van der Waals surface area contributed by atoms with E-state index in [0.717, 1.165) is 18.4 Å². The van der Waals surface area contributed by atoms with Gasteiger partial charge in [0.25, 0.3) is 0 Å². The Morgan fingerprint density at radius 2 is 2.05 bits per heavy atom. The van der Waals surface area contributed by atoms with Crippen LogP contribution < -0.4 is 11.1 Å². The number of rotatable bonds is 5. The molecule has 102 valence electrons. The molecule has 0 aromatic heterocycles. The highest BCUT2D eigenvalue weighted by molar-refractivity contribution is 5.85. The van der Waals surface area contributed by atoms with Gasteiger partial charge < -0.3 is 16.2 Å². The minimum Gasteiger partial charge on any atom is -0.481 e. The Hall–Kier alpha value is -1.88. The Labute approximate surface area is 111 Å². The van der Waals surface area contributed by atoms with E-state index in [-0.39, 0.29) is 6.42 Å². The Morgan fingerprint density at radius 3 is 2.79 bits per heavy atom. The minimum atomic E-state index is -1.07. The van der Waals surface area contributed by atoms with Crippen LogP contribution in [0.25, 0.3) is 0 Å². The van der Waals surface area contributed by atoms with Gasteiger partial charge >= 0.3 is 5.97 Å². The fourth-order valence-electron chi connectivity index (χ4n) is 2.34. The van der Waals surface area contributed by atoms with Crippen molar-refractivity contribution in [2.24, 2.45) is 5.73 Å². The third-order valence-electron chi connectivity index (χ3n) is 3.36. The van der Waals surface area contributed by atoms with Crippen molar-refractivity contribution in [1.82, 2.24) is 5.32 Å². The summed E-state index contributed by atoms with van der Waals surface area (Å²) in [6, 6.07) is 5.20. The molecule has 0 aliphatic heterocycles. The van der Waals surface area contributed by atoms with Crippen molar-refractivity contribution >= 4 is 11.9 Å². The maximum absolute atomic E-state index is 11.6. The van der Waals surface area contributed by atoms with E-state index < -0.39 is 17.9 Å². The van der Waals surface area contributed by atoms with E-state index in [1.165, 1.54) is 17.5 Å². The van der Waals surface area contributed by atoms with Gasteiger partial charge in [0.2, 0.25) is 5.91 Å². The zero-order valence-corrected chi connectivity index (χ0v) is 10.7. The molecule has 0 saturated carbocycles. The molecule has 1 aromatic rings. The number of amides is 1. The molecule has 1 aliphatic carbocycles. The van der Waals surface area contributed by atoms with Crippen LogP contribution in [0.3, 0.4) is 0 Å². The summed E-state index contributed by atoms with van der Waals surface area (Å²) in [4.78, 5) is 22.0. The van der Waals surface area contributed by atoms with Gasteiger partial charge in [-0.1, -0.05) is 18.2 Å². The first-order chi connectivity index (χ1) is 9.06. The number of hydrogen-bond donors (Lipinski definition) is 3. The first kappa shape index (κ1) is 13.5. The number of nitrogens with two attached hydrogens (primary N) is 1. The summed E-state index contributed by atoms with van der Waals surface area (Å²) in [7, 11) is 0. The Kier molecular flexibility index (Phi) is 4.16. The highest BCUT2D eigenvalue weighted by Crippen LogP contribution is 2.22. The van der Waals surface area contributed by atoms with Crippen molar-refractivity contribution in [3.8, 4) is 0 Å². The lowest BCUT2D eigenvalue weighted by atomic mass is 10.1. The Morgan fingerprint density at radius 1 is 1.32 bits per heavy atom. The van der Waals surface area contributed by atoms with E-state index in [4.69, 9.17) is 10.8 Å². The van der Waals surface area contributed by atoms with Crippen LogP contribution in [0.1, 0.15) is 29.5 Å². The zero-order valence-electron chi connectivity index (χ0n) is 10.7. The van der Waals surface area contributed by atoms with Crippen molar-refractivity contribution < 1.29 is 14.7 Å². The minimum absolute atomic E-state index is 0.351. The average Bonchev–Trinajstić information content (AvgIpc) is 2.82. The molecule has 1 aliphatic rings. The quantitative estimate of drug-likeness (QED) is 0.724. The van der Waals surface area contributed by atoms with Gasteiger partial charge in [-0.25, -0.2) is 0 Å². The summed E-state index contributed by atoms with van der Waals surface area (Å²) in [5.74, 6) is -1.50. The molecular formula is C14H18N2O3. The molecule has 19 heavy (non-hydrogen) atoms. The largest absolute Gasteiger partial charge is 0.481 e. The molecule has 0 fully saturated rings. The molecule has 0 bridgehead atoms. The second-order valence-corrected chi connectivity index (χ2v) is 4.88. The normalized spacial score (nSPS) is 14.8. The first-order valence-corrected chi connectivity index (χ1v) is 6.42. The van der Waals surface area contributed by atoms with E-state index in [0.29, 0.717) is 6.54 Å². The number of hydrogen-bond acceptors (Lipinski definition) is 3. The molecular weight excluding hydrogens is 244 g/mol. The standard InChI is InChI=1S/C14H18N2O3/c15-12(7-13(17)18)14(19)16-8-9-4-5-10-2-1-3-11(10)6-9/h4-6,12H,1-3,7-8,15H2,(H,16,19)(H,17,18). The predicted octanol–water partition coefficient (Wildman–Crippen LogP) is 0.594. The number of benzene rings is 1. The highest BCUT2D eigenvalue weighted by Gasteiger charge is 2.17. The van der Waals surface area contributed by atoms with Crippen molar-refractivity contribution in [2.75, 3.05) is 0 Å². The van der Waals surface area contributed by atoms with Crippen molar-refractivity contribution in [3.05, 3.63) is 34.9 Å². The van der Waals surface area contributed by atoms with Gasteiger partial charge in [0.05, 0.1) is 12.5 Å². The summed E-state index contributed by atoms with van der Waals surface area (Å²) in [6.07, 6.45) is 3.06. The molecule has 5 nitrogen and oxygen atoms in total. The van der Waals surface area contributed by atoms with E-state index >= 15 is 0 Å². The van der Waals surface area contributed by atoms with Gasteiger partial charge in [0.15, 0.2) is 0 Å². The Balaban J connectivity index is 1.88. The van der Waals surface area contributed by atoms with Crippen LogP contribution in [0.4, 0.5) is 0 Å². The number of aliphatic carboxylic acids is 1. The molecule has 0 heterocycles. The molecule has 1 amide bonds. The summed E-state index contributed by atoms with van der Waals surface area (Å²) < 4.78 is 0. The van der Waals surface area contributed by atoms with E-state index in [2.05, 4.69) is 17.4 Å². The number of carbonyl (C=O) groups excluding carboxylic acids is 1. The van der Waals surface area contributed by atoms with Gasteiger partial charge in [-0.3, -0.25) is 9.59 Å². The van der Waals surface area contributed by atoms with Crippen molar-refractivity contribution in [2.45, 2.75) is 38.3 Å². The number of carbonyl (C=O) groups is 2. The molecule has 2 rings (SSSR count). The number of carboxylic acids is 1. The average molecular weight is 262 g/mol. The molecule has 0 saturated heterocycles. The molecule has 5 heteroatoms. The SMILES string of the molecule is NC(CC(=O)O)C(=O)NCc1ccc2c(c1)CCC2. The third-order valence-corrected chi connectivity index (χ3v) is 3.36. The lowest BCUT2D eigenvalue weighted by Gasteiger charge is -2.11. The van der Waals surface area contributed by atoms with Crippen LogP contribution in [0.2, 0.25) is 0 Å². The number of aryl methyl sites for hydroxylation is 2. The molecule has 0 spiro atoms. The predicted molar refractivity (Wildman–Crippen MR) is 70.5 cm³/mol. The fraction of sp³-hybridized carbons (Fsp3) is 0.429. The lowest BCUT2D eigenvalue weighted by Crippen LogP contribution is -2.41. The first-order valence-electron chi connectivity index (χ1n) is 6.42. The zero-order chi connectivity index (χ0) is 13.8.